The van der Waals surface area contributed by atoms with Crippen LogP contribution in [0, 0.1) is 6.92 Å². The first-order chi connectivity index (χ1) is 13.6. The van der Waals surface area contributed by atoms with Crippen LogP contribution in [0.5, 0.6) is 0 Å². The van der Waals surface area contributed by atoms with Crippen molar-refractivity contribution in [2.75, 3.05) is 5.32 Å². The predicted octanol–water partition coefficient (Wildman–Crippen LogP) is 6.62. The summed E-state index contributed by atoms with van der Waals surface area (Å²) in [5, 5.41) is 4.24. The lowest BCUT2D eigenvalue weighted by atomic mass is 10.0. The number of aryl methyl sites for hydroxylation is 2. The lowest BCUT2D eigenvalue weighted by Gasteiger charge is -2.08. The Morgan fingerprint density at radius 1 is 0.893 bits per heavy atom. The van der Waals surface area contributed by atoms with Crippen molar-refractivity contribution >= 4 is 33.0 Å². The van der Waals surface area contributed by atoms with Gasteiger partial charge in [-0.2, -0.15) is 0 Å². The van der Waals surface area contributed by atoms with Gasteiger partial charge in [0.2, 0.25) is 0 Å². The second-order valence-electron chi connectivity index (χ2n) is 7.07. The van der Waals surface area contributed by atoms with Crippen LogP contribution in [0.3, 0.4) is 0 Å². The van der Waals surface area contributed by atoms with Gasteiger partial charge in [0.25, 0.3) is 5.91 Å². The van der Waals surface area contributed by atoms with Gasteiger partial charge in [-0.05, 0) is 60.0 Å². The topological polar surface area (TPSA) is 29.1 Å². The molecular weight excluding hydrogens is 362 g/mol. The average molecular weight is 386 g/mol. The second kappa shape index (κ2) is 7.99. The van der Waals surface area contributed by atoms with Crippen LogP contribution in [-0.4, -0.2) is 5.91 Å². The summed E-state index contributed by atoms with van der Waals surface area (Å²) in [5.74, 6) is -0.0347. The van der Waals surface area contributed by atoms with Gasteiger partial charge in [-0.1, -0.05) is 67.1 Å². The molecule has 0 saturated carbocycles. The van der Waals surface area contributed by atoms with Crippen molar-refractivity contribution in [1.82, 2.24) is 0 Å². The average Bonchev–Trinajstić information content (AvgIpc) is 3.09. The quantitative estimate of drug-likeness (QED) is 0.411. The van der Waals surface area contributed by atoms with E-state index in [4.69, 9.17) is 0 Å². The van der Waals surface area contributed by atoms with Gasteiger partial charge < -0.3 is 5.32 Å². The van der Waals surface area contributed by atoms with Crippen molar-refractivity contribution in [2.45, 2.75) is 26.7 Å². The van der Waals surface area contributed by atoms with Crippen molar-refractivity contribution in [1.29, 1.82) is 0 Å². The summed E-state index contributed by atoms with van der Waals surface area (Å²) < 4.78 is 1.15. The molecule has 0 aliphatic rings. The summed E-state index contributed by atoms with van der Waals surface area (Å²) in [6.45, 7) is 4.22. The third-order valence-corrected chi connectivity index (χ3v) is 6.24. The molecule has 1 amide bonds. The number of amides is 1. The lowest BCUT2D eigenvalue weighted by molar-refractivity contribution is 0.103. The summed E-state index contributed by atoms with van der Waals surface area (Å²) >= 11 is 1.57. The van der Waals surface area contributed by atoms with Crippen molar-refractivity contribution in [3.05, 3.63) is 99.9 Å². The number of benzene rings is 3. The fraction of sp³-hybridized carbons (Fsp3) is 0.160. The van der Waals surface area contributed by atoms with Gasteiger partial charge in [0.15, 0.2) is 0 Å². The van der Waals surface area contributed by atoms with E-state index in [0.717, 1.165) is 33.7 Å². The first kappa shape index (κ1) is 18.5. The molecular formula is C25H23NOS. The van der Waals surface area contributed by atoms with Crippen LogP contribution in [0.4, 0.5) is 5.69 Å². The Morgan fingerprint density at radius 2 is 1.57 bits per heavy atom. The van der Waals surface area contributed by atoms with Crippen LogP contribution in [0.25, 0.3) is 10.1 Å². The SMILES string of the molecule is CCc1ccc(NC(=O)c2sc3ccccc3c2Cc2ccc(C)cc2)cc1. The normalized spacial score (nSPS) is 10.9. The summed E-state index contributed by atoms with van der Waals surface area (Å²) in [7, 11) is 0. The molecule has 2 nitrogen and oxygen atoms in total. The highest BCUT2D eigenvalue weighted by molar-refractivity contribution is 7.21. The fourth-order valence-electron chi connectivity index (χ4n) is 3.38. The minimum atomic E-state index is -0.0347. The van der Waals surface area contributed by atoms with Crippen LogP contribution in [0.15, 0.2) is 72.8 Å². The number of hydrogen-bond acceptors (Lipinski definition) is 2. The van der Waals surface area contributed by atoms with E-state index in [1.807, 2.05) is 24.3 Å². The highest BCUT2D eigenvalue weighted by atomic mass is 32.1. The van der Waals surface area contributed by atoms with Crippen LogP contribution in [-0.2, 0) is 12.8 Å². The number of nitrogens with one attached hydrogen (secondary N) is 1. The zero-order valence-electron chi connectivity index (χ0n) is 16.2. The third-order valence-electron chi connectivity index (χ3n) is 5.03. The minimum Gasteiger partial charge on any atom is -0.321 e. The lowest BCUT2D eigenvalue weighted by Crippen LogP contribution is -2.12. The summed E-state index contributed by atoms with van der Waals surface area (Å²) in [6, 6.07) is 24.9. The number of rotatable bonds is 5. The Bertz CT molecular complexity index is 1110. The minimum absolute atomic E-state index is 0.0347. The van der Waals surface area contributed by atoms with Crippen LogP contribution in [0.1, 0.15) is 38.8 Å². The number of carbonyl (C=O) groups is 1. The molecule has 0 aliphatic heterocycles. The Hall–Kier alpha value is -2.91. The molecule has 0 aliphatic carbocycles. The van der Waals surface area contributed by atoms with Crippen molar-refractivity contribution < 1.29 is 4.79 Å². The molecule has 4 rings (SSSR count). The molecule has 1 heterocycles. The summed E-state index contributed by atoms with van der Waals surface area (Å²) in [6.07, 6.45) is 1.74. The maximum absolute atomic E-state index is 13.1. The van der Waals surface area contributed by atoms with E-state index in [1.54, 1.807) is 11.3 Å². The van der Waals surface area contributed by atoms with E-state index in [2.05, 4.69) is 67.7 Å². The van der Waals surface area contributed by atoms with Crippen LogP contribution >= 0.6 is 11.3 Å². The Kier molecular flexibility index (Phi) is 5.27. The van der Waals surface area contributed by atoms with E-state index in [0.29, 0.717) is 0 Å². The molecule has 3 heteroatoms. The molecule has 1 aromatic heterocycles. The van der Waals surface area contributed by atoms with E-state index >= 15 is 0 Å². The fourth-order valence-corrected chi connectivity index (χ4v) is 4.50. The van der Waals surface area contributed by atoms with Gasteiger partial charge in [-0.3, -0.25) is 4.79 Å². The third kappa shape index (κ3) is 3.85. The predicted molar refractivity (Wildman–Crippen MR) is 120 cm³/mol. The monoisotopic (exact) mass is 385 g/mol. The maximum Gasteiger partial charge on any atom is 0.266 e. The Labute approximate surface area is 169 Å². The summed E-state index contributed by atoms with van der Waals surface area (Å²) in [5.41, 5.74) is 5.66. The molecule has 0 unspecified atom stereocenters. The summed E-state index contributed by atoms with van der Waals surface area (Å²) in [4.78, 5) is 13.9. The Morgan fingerprint density at radius 3 is 2.29 bits per heavy atom. The van der Waals surface area contributed by atoms with Gasteiger partial charge in [0, 0.05) is 10.4 Å². The van der Waals surface area contributed by atoms with E-state index in [1.165, 1.54) is 22.1 Å². The molecule has 0 bridgehead atoms. The number of anilines is 1. The number of carbonyl (C=O) groups excluding carboxylic acids is 1. The van der Waals surface area contributed by atoms with Crippen molar-refractivity contribution in [3.8, 4) is 0 Å². The molecule has 0 atom stereocenters. The first-order valence-corrected chi connectivity index (χ1v) is 10.4. The number of hydrogen-bond donors (Lipinski definition) is 1. The molecule has 0 saturated heterocycles. The largest absolute Gasteiger partial charge is 0.321 e. The zero-order valence-corrected chi connectivity index (χ0v) is 17.0. The number of thiophene rings is 1. The van der Waals surface area contributed by atoms with Crippen LogP contribution < -0.4 is 5.32 Å². The van der Waals surface area contributed by atoms with E-state index < -0.39 is 0 Å². The molecule has 0 fully saturated rings. The van der Waals surface area contributed by atoms with Gasteiger partial charge in [0.1, 0.15) is 0 Å². The molecule has 0 radical (unpaired) electrons. The van der Waals surface area contributed by atoms with E-state index in [9.17, 15) is 4.79 Å². The molecule has 140 valence electrons. The standard InChI is InChI=1S/C25H23NOS/c1-3-18-12-14-20(15-13-18)26-25(27)24-22(16-19-10-8-17(2)9-11-19)21-6-4-5-7-23(21)28-24/h4-15H,3,16H2,1-2H3,(H,26,27). The van der Waals surface area contributed by atoms with E-state index in [-0.39, 0.29) is 5.91 Å². The van der Waals surface area contributed by atoms with Crippen molar-refractivity contribution in [2.24, 2.45) is 0 Å². The molecule has 4 aromatic rings. The van der Waals surface area contributed by atoms with Gasteiger partial charge in [-0.25, -0.2) is 0 Å². The maximum atomic E-state index is 13.1. The Balaban J connectivity index is 1.68. The highest BCUT2D eigenvalue weighted by Crippen LogP contribution is 2.33. The number of fused-ring (bicyclic) bond motifs is 1. The van der Waals surface area contributed by atoms with Gasteiger partial charge >= 0.3 is 0 Å². The molecule has 1 N–H and O–H groups in total. The second-order valence-corrected chi connectivity index (χ2v) is 8.13. The van der Waals surface area contributed by atoms with Gasteiger partial charge in [-0.15, -0.1) is 11.3 Å². The van der Waals surface area contributed by atoms with Crippen LogP contribution in [0.2, 0.25) is 0 Å². The smallest absolute Gasteiger partial charge is 0.266 e. The first-order valence-electron chi connectivity index (χ1n) is 9.60. The highest BCUT2D eigenvalue weighted by Gasteiger charge is 2.18. The zero-order chi connectivity index (χ0) is 19.5. The molecule has 0 spiro atoms. The molecule has 28 heavy (non-hydrogen) atoms. The van der Waals surface area contributed by atoms with Gasteiger partial charge in [0.05, 0.1) is 4.88 Å². The molecule has 3 aromatic carbocycles. The van der Waals surface area contributed by atoms with Crippen molar-refractivity contribution in [3.63, 3.8) is 0 Å².